The summed E-state index contributed by atoms with van der Waals surface area (Å²) in [5, 5.41) is 35.3. The number of ether oxygens (including phenoxy) is 2. The maximum absolute atomic E-state index is 15.0. The second-order valence-electron chi connectivity index (χ2n) is 10.4. The number of nitrogen functional groups attached to an aromatic ring is 1. The lowest BCUT2D eigenvalue weighted by atomic mass is 9.96. The molecule has 1 aromatic carbocycles. The molecule has 0 radical (unpaired) electrons. The average molecular weight is 555 g/mol. The fraction of sp³-hybridized carbons (Fsp3) is 0.542. The number of hydrogen-bond donors (Lipinski definition) is 5. The highest BCUT2D eigenvalue weighted by Gasteiger charge is 2.74. The molecule has 3 rings (SSSR count). The van der Waals surface area contributed by atoms with E-state index in [0.29, 0.717) is 4.57 Å². The molecule has 1 aliphatic heterocycles. The average Bonchev–Trinajstić information content (AvgIpc) is 3.03. The van der Waals surface area contributed by atoms with Crippen LogP contribution in [0.4, 0.5) is 5.82 Å². The van der Waals surface area contributed by atoms with Crippen molar-refractivity contribution in [1.82, 2.24) is 14.6 Å². The summed E-state index contributed by atoms with van der Waals surface area (Å²) < 4.78 is 33.0. The molecule has 0 amide bonds. The van der Waals surface area contributed by atoms with Gasteiger partial charge in [-0.05, 0) is 52.8 Å². The largest absolute Gasteiger partial charge is 0.464 e. The first-order chi connectivity index (χ1) is 17.6. The van der Waals surface area contributed by atoms with Crippen molar-refractivity contribution < 1.29 is 38.7 Å². The molecule has 14 heteroatoms. The third kappa shape index (κ3) is 5.35. The van der Waals surface area contributed by atoms with Crippen LogP contribution in [0.3, 0.4) is 0 Å². The van der Waals surface area contributed by atoms with E-state index in [2.05, 4.69) is 10.1 Å². The van der Waals surface area contributed by atoms with E-state index < -0.39 is 60.5 Å². The Bertz CT molecular complexity index is 1250. The maximum Gasteiger partial charge on any atom is 0.372 e. The van der Waals surface area contributed by atoms with Gasteiger partial charge in [0.1, 0.15) is 30.4 Å². The number of benzene rings is 1. The molecule has 38 heavy (non-hydrogen) atoms. The van der Waals surface area contributed by atoms with Crippen LogP contribution < -0.4 is 21.0 Å². The summed E-state index contributed by atoms with van der Waals surface area (Å²) in [4.78, 5) is 29.1. The van der Waals surface area contributed by atoms with Gasteiger partial charge in [0.2, 0.25) is 0 Å². The van der Waals surface area contributed by atoms with Gasteiger partial charge < -0.3 is 35.1 Å². The van der Waals surface area contributed by atoms with Gasteiger partial charge >= 0.3 is 19.2 Å². The summed E-state index contributed by atoms with van der Waals surface area (Å²) in [6.45, 7) is 6.60. The number of esters is 1. The molecule has 0 aliphatic carbocycles. The highest BCUT2D eigenvalue weighted by atomic mass is 31.2. The van der Waals surface area contributed by atoms with Crippen LogP contribution in [-0.2, 0) is 24.3 Å². The standard InChI is InChI=1S/C24H35N4O9P/c1-15(14-35-20(31)22(2,3)4)27-38(34,37-16-9-7-6-8-10-16)24(28-12-11-18(25)26-21(28)32)23(5,33)19(30)17(13-29)36-24/h6-12,15,17,19,29-30,33H,13-14H2,1-5H3,(H,27,34)(H2,25,26,32)/t15-,17+,19+,23+,24-,38?/m0/s1. The maximum atomic E-state index is 15.0. The number of nitrogens with zero attached hydrogens (tertiary/aromatic N) is 2. The summed E-state index contributed by atoms with van der Waals surface area (Å²) in [5.41, 5.74) is -1.38. The van der Waals surface area contributed by atoms with Crippen molar-refractivity contribution >= 4 is 19.3 Å². The molecular weight excluding hydrogens is 519 g/mol. The number of aliphatic hydroxyl groups excluding tert-OH is 2. The quantitative estimate of drug-likeness (QED) is 0.216. The molecule has 0 saturated carbocycles. The van der Waals surface area contributed by atoms with E-state index in [0.717, 1.165) is 13.1 Å². The molecular formula is C24H35N4O9P. The smallest absolute Gasteiger partial charge is 0.372 e. The van der Waals surface area contributed by atoms with Gasteiger partial charge in [-0.25, -0.2) is 9.88 Å². The second kappa shape index (κ2) is 10.8. The minimum absolute atomic E-state index is 0.0689. The minimum atomic E-state index is -4.75. The van der Waals surface area contributed by atoms with Crippen molar-refractivity contribution in [2.45, 2.75) is 63.9 Å². The van der Waals surface area contributed by atoms with Gasteiger partial charge in [0.25, 0.3) is 5.47 Å². The Kier molecular flexibility index (Phi) is 8.42. The van der Waals surface area contributed by atoms with Gasteiger partial charge in [0.15, 0.2) is 5.60 Å². The van der Waals surface area contributed by atoms with Crippen molar-refractivity contribution in [2.24, 2.45) is 5.41 Å². The molecule has 2 aromatic rings. The lowest BCUT2D eigenvalue weighted by Gasteiger charge is -2.44. The van der Waals surface area contributed by atoms with Crippen LogP contribution in [0.1, 0.15) is 34.6 Å². The summed E-state index contributed by atoms with van der Waals surface area (Å²) in [5.74, 6) is -0.606. The molecule has 6 N–H and O–H groups in total. The number of nitrogens with two attached hydrogens (primary N) is 1. The monoisotopic (exact) mass is 554 g/mol. The number of hydrogen-bond acceptors (Lipinski definition) is 11. The predicted octanol–water partition coefficient (Wildman–Crippen LogP) is 0.778. The van der Waals surface area contributed by atoms with Crippen LogP contribution in [-0.4, -0.2) is 67.9 Å². The predicted molar refractivity (Wildman–Crippen MR) is 137 cm³/mol. The molecule has 1 saturated heterocycles. The van der Waals surface area contributed by atoms with Crippen molar-refractivity contribution in [3.05, 3.63) is 53.1 Å². The van der Waals surface area contributed by atoms with Crippen molar-refractivity contribution in [3.8, 4) is 5.75 Å². The summed E-state index contributed by atoms with van der Waals surface area (Å²) >= 11 is 0. The van der Waals surface area contributed by atoms with Gasteiger partial charge in [-0.15, -0.1) is 0 Å². The lowest BCUT2D eigenvalue weighted by Crippen LogP contribution is -2.61. The van der Waals surface area contributed by atoms with Crippen LogP contribution in [0.2, 0.25) is 0 Å². The zero-order valence-corrected chi connectivity index (χ0v) is 22.8. The normalized spacial score (nSPS) is 27.9. The molecule has 6 atom stereocenters. The van der Waals surface area contributed by atoms with Gasteiger partial charge in [-0.1, -0.05) is 18.2 Å². The van der Waals surface area contributed by atoms with Gasteiger partial charge in [0.05, 0.1) is 12.0 Å². The Morgan fingerprint density at radius 2 is 1.95 bits per heavy atom. The number of carbonyl (C=O) groups is 1. The van der Waals surface area contributed by atoms with Gasteiger partial charge in [-0.3, -0.25) is 13.9 Å². The lowest BCUT2D eigenvalue weighted by molar-refractivity contribution is -0.153. The van der Waals surface area contributed by atoms with Gasteiger partial charge in [-0.2, -0.15) is 4.98 Å². The number of aromatic nitrogens is 2. The Hall–Kier alpha value is -2.80. The first-order valence-electron chi connectivity index (χ1n) is 11.9. The summed E-state index contributed by atoms with van der Waals surface area (Å²) in [6, 6.07) is 8.21. The Morgan fingerprint density at radius 3 is 2.47 bits per heavy atom. The fourth-order valence-corrected chi connectivity index (χ4v) is 6.96. The third-order valence-electron chi connectivity index (χ3n) is 6.08. The van der Waals surface area contributed by atoms with Crippen molar-refractivity contribution in [2.75, 3.05) is 18.9 Å². The molecule has 13 nitrogen and oxygen atoms in total. The van der Waals surface area contributed by atoms with Crippen LogP contribution in [0, 0.1) is 5.41 Å². The number of carbonyl (C=O) groups excluding carboxylic acids is 1. The molecule has 2 heterocycles. The van der Waals surface area contributed by atoms with Crippen LogP contribution in [0.15, 0.2) is 47.4 Å². The minimum Gasteiger partial charge on any atom is -0.464 e. The second-order valence-corrected chi connectivity index (χ2v) is 12.5. The number of anilines is 1. The molecule has 1 fully saturated rings. The van der Waals surface area contributed by atoms with E-state index in [1.807, 2.05) is 0 Å². The molecule has 1 aromatic heterocycles. The van der Waals surface area contributed by atoms with E-state index in [1.54, 1.807) is 39.0 Å². The van der Waals surface area contributed by atoms with Crippen LogP contribution >= 0.6 is 7.52 Å². The van der Waals surface area contributed by atoms with E-state index in [1.165, 1.54) is 25.1 Å². The zero-order chi connectivity index (χ0) is 28.5. The first kappa shape index (κ1) is 29.8. The van der Waals surface area contributed by atoms with Gasteiger partial charge in [0, 0.05) is 12.2 Å². The van der Waals surface area contributed by atoms with E-state index >= 15 is 4.57 Å². The highest BCUT2D eigenvalue weighted by molar-refractivity contribution is 7.58. The number of para-hydroxylation sites is 1. The Labute approximate surface area is 220 Å². The topological polar surface area (TPSA) is 195 Å². The summed E-state index contributed by atoms with van der Waals surface area (Å²) in [6.07, 6.45) is -2.20. The SMILES string of the molecule is C[C@@H](COC(=O)C(C)(C)C)NP(=O)(Oc1ccccc1)[C@@]1(n2ccc(N)nc2=O)O[C@H](CO)[C@@H](O)[C@@]1(C)O. The van der Waals surface area contributed by atoms with Crippen molar-refractivity contribution in [1.29, 1.82) is 0 Å². The van der Waals surface area contributed by atoms with Crippen molar-refractivity contribution in [3.63, 3.8) is 0 Å². The molecule has 0 bridgehead atoms. The molecule has 0 spiro atoms. The van der Waals surface area contributed by atoms with Crippen LogP contribution in [0.5, 0.6) is 5.75 Å². The van der Waals surface area contributed by atoms with E-state index in [-0.39, 0.29) is 18.2 Å². The highest BCUT2D eigenvalue weighted by Crippen LogP contribution is 2.67. The molecule has 210 valence electrons. The van der Waals surface area contributed by atoms with E-state index in [4.69, 9.17) is 19.7 Å². The van der Waals surface area contributed by atoms with E-state index in [9.17, 15) is 24.9 Å². The van der Waals surface area contributed by atoms with Crippen LogP contribution in [0.25, 0.3) is 0 Å². The number of nitrogens with one attached hydrogen (secondary N) is 1. The first-order valence-corrected chi connectivity index (χ1v) is 13.6. The Balaban J connectivity index is 2.21. The third-order valence-corrected chi connectivity index (χ3v) is 8.90. The number of aliphatic hydroxyl groups is 3. The summed E-state index contributed by atoms with van der Waals surface area (Å²) in [7, 11) is -4.75. The molecule has 1 aliphatic rings. The Morgan fingerprint density at radius 1 is 1.32 bits per heavy atom. The number of rotatable bonds is 9. The fourth-order valence-electron chi connectivity index (χ4n) is 4.09. The molecule has 1 unspecified atom stereocenters. The zero-order valence-electron chi connectivity index (χ0n) is 21.9.